The van der Waals surface area contributed by atoms with E-state index in [0.29, 0.717) is 17.1 Å². The number of aromatic nitrogens is 2. The van der Waals surface area contributed by atoms with Crippen LogP contribution in [0.4, 0.5) is 10.5 Å². The number of hydrogen-bond donors (Lipinski definition) is 3. The molecule has 1 fully saturated rings. The predicted molar refractivity (Wildman–Crippen MR) is 95.4 cm³/mol. The number of amides is 3. The van der Waals surface area contributed by atoms with Crippen LogP contribution in [0.2, 0.25) is 0 Å². The summed E-state index contributed by atoms with van der Waals surface area (Å²) in [7, 11) is 1.81. The number of thiophene rings is 1. The Morgan fingerprint density at radius 2 is 2.24 bits per heavy atom. The van der Waals surface area contributed by atoms with Crippen molar-refractivity contribution in [2.24, 2.45) is 18.5 Å². The van der Waals surface area contributed by atoms with Crippen LogP contribution in [0, 0.1) is 11.8 Å². The molecule has 3 rings (SSSR count). The zero-order valence-electron chi connectivity index (χ0n) is 13.7. The highest BCUT2D eigenvalue weighted by Gasteiger charge is 2.30. The number of urea groups is 1. The summed E-state index contributed by atoms with van der Waals surface area (Å²) in [5.41, 5.74) is 12.2. The lowest BCUT2D eigenvalue weighted by molar-refractivity contribution is 0.100. The van der Waals surface area contributed by atoms with E-state index < -0.39 is 11.9 Å². The molecule has 0 bridgehead atoms. The minimum atomic E-state index is -0.610. The molecule has 3 heterocycles. The van der Waals surface area contributed by atoms with Gasteiger partial charge in [0.05, 0.1) is 28.4 Å². The third-order valence-electron chi connectivity index (χ3n) is 3.87. The molecule has 2 aromatic heterocycles. The van der Waals surface area contributed by atoms with Gasteiger partial charge in [0.2, 0.25) is 0 Å². The number of primary amides is 2. The summed E-state index contributed by atoms with van der Waals surface area (Å²) in [5, 5.41) is 7.23. The summed E-state index contributed by atoms with van der Waals surface area (Å²) in [6.45, 7) is 1.41. The fourth-order valence-corrected chi connectivity index (χ4v) is 3.63. The topological polar surface area (TPSA) is 119 Å². The van der Waals surface area contributed by atoms with E-state index in [9.17, 15) is 9.59 Å². The normalized spacial score (nSPS) is 16.3. The summed E-state index contributed by atoms with van der Waals surface area (Å²) in [6.07, 6.45) is 4.19. The van der Waals surface area contributed by atoms with Gasteiger partial charge in [-0.2, -0.15) is 5.10 Å². The van der Waals surface area contributed by atoms with Gasteiger partial charge in [0.15, 0.2) is 0 Å². The van der Waals surface area contributed by atoms with E-state index in [2.05, 4.69) is 22.3 Å². The Kier molecular flexibility index (Phi) is 4.74. The van der Waals surface area contributed by atoms with Gasteiger partial charge in [-0.15, -0.1) is 11.3 Å². The molecule has 0 saturated carbocycles. The first-order valence-electron chi connectivity index (χ1n) is 7.69. The van der Waals surface area contributed by atoms with Crippen molar-refractivity contribution in [3.63, 3.8) is 0 Å². The highest BCUT2D eigenvalue weighted by molar-refractivity contribution is 7.15. The molecule has 9 heteroatoms. The molecule has 8 nitrogen and oxygen atoms in total. The third kappa shape index (κ3) is 3.65. The van der Waals surface area contributed by atoms with Crippen molar-refractivity contribution in [3.05, 3.63) is 33.8 Å². The molecule has 1 saturated heterocycles. The van der Waals surface area contributed by atoms with Crippen LogP contribution >= 0.6 is 11.3 Å². The molecule has 1 unspecified atom stereocenters. The van der Waals surface area contributed by atoms with Crippen molar-refractivity contribution in [3.8, 4) is 11.8 Å². The van der Waals surface area contributed by atoms with Crippen molar-refractivity contribution >= 4 is 29.0 Å². The predicted octanol–water partition coefficient (Wildman–Crippen LogP) is 0.227. The second kappa shape index (κ2) is 6.96. The van der Waals surface area contributed by atoms with Gasteiger partial charge in [-0.25, -0.2) is 4.79 Å². The van der Waals surface area contributed by atoms with Crippen LogP contribution in [0.3, 0.4) is 0 Å². The SMILES string of the molecule is Cn1cc(C#Cc2cc(N(C(N)=O)C3CCNC3)c(C(N)=O)s2)cn1. The molecule has 2 aromatic rings. The van der Waals surface area contributed by atoms with Crippen LogP contribution in [0.5, 0.6) is 0 Å². The number of carbonyl (C=O) groups excluding carboxylic acids is 2. The molecule has 0 spiro atoms. The van der Waals surface area contributed by atoms with Gasteiger partial charge in [-0.1, -0.05) is 11.8 Å². The lowest BCUT2D eigenvalue weighted by atomic mass is 10.2. The smallest absolute Gasteiger partial charge is 0.319 e. The van der Waals surface area contributed by atoms with E-state index >= 15 is 0 Å². The summed E-state index contributed by atoms with van der Waals surface area (Å²) in [6, 6.07) is 0.974. The number of anilines is 1. The Hall–Kier alpha value is -2.83. The van der Waals surface area contributed by atoms with Crippen molar-refractivity contribution < 1.29 is 9.59 Å². The lowest BCUT2D eigenvalue weighted by Crippen LogP contribution is -2.45. The molecule has 5 N–H and O–H groups in total. The van der Waals surface area contributed by atoms with Crippen molar-refractivity contribution in [2.45, 2.75) is 12.5 Å². The average Bonchev–Trinajstić information content (AvgIpc) is 3.26. The average molecular weight is 358 g/mol. The van der Waals surface area contributed by atoms with Crippen LogP contribution in [-0.4, -0.2) is 40.9 Å². The molecule has 25 heavy (non-hydrogen) atoms. The number of aryl methyl sites for hydroxylation is 1. The molecular formula is C16H18N6O2S. The highest BCUT2D eigenvalue weighted by Crippen LogP contribution is 2.32. The Bertz CT molecular complexity index is 869. The number of nitrogens with two attached hydrogens (primary N) is 2. The molecule has 0 aliphatic carbocycles. The summed E-state index contributed by atoms with van der Waals surface area (Å²) in [4.78, 5) is 26.2. The summed E-state index contributed by atoms with van der Waals surface area (Å²) in [5.74, 6) is 5.36. The maximum absolute atomic E-state index is 12.0. The zero-order chi connectivity index (χ0) is 18.0. The third-order valence-corrected chi connectivity index (χ3v) is 4.92. The molecule has 1 aliphatic rings. The second-order valence-corrected chi connectivity index (χ2v) is 6.75. The van der Waals surface area contributed by atoms with Crippen LogP contribution < -0.4 is 21.7 Å². The van der Waals surface area contributed by atoms with E-state index in [1.165, 1.54) is 4.90 Å². The van der Waals surface area contributed by atoms with Crippen LogP contribution in [0.25, 0.3) is 0 Å². The zero-order valence-corrected chi connectivity index (χ0v) is 14.5. The molecule has 130 valence electrons. The van der Waals surface area contributed by atoms with E-state index in [1.54, 1.807) is 30.2 Å². The minimum Gasteiger partial charge on any atom is -0.365 e. The minimum absolute atomic E-state index is 0.107. The van der Waals surface area contributed by atoms with Crippen molar-refractivity contribution in [1.29, 1.82) is 0 Å². The van der Waals surface area contributed by atoms with E-state index in [0.717, 1.165) is 29.9 Å². The van der Waals surface area contributed by atoms with E-state index in [4.69, 9.17) is 11.5 Å². The lowest BCUT2D eigenvalue weighted by Gasteiger charge is -2.26. The van der Waals surface area contributed by atoms with Crippen molar-refractivity contribution in [1.82, 2.24) is 15.1 Å². The summed E-state index contributed by atoms with van der Waals surface area (Å²) >= 11 is 1.15. The van der Waals surface area contributed by atoms with Gasteiger partial charge in [-0.05, 0) is 19.0 Å². The van der Waals surface area contributed by atoms with Gasteiger partial charge < -0.3 is 16.8 Å². The molecule has 1 atom stereocenters. The van der Waals surface area contributed by atoms with Gasteiger partial charge in [0.1, 0.15) is 4.88 Å². The quantitative estimate of drug-likeness (QED) is 0.680. The van der Waals surface area contributed by atoms with Gasteiger partial charge in [0, 0.05) is 19.8 Å². The van der Waals surface area contributed by atoms with E-state index in [1.807, 2.05) is 0 Å². The molecule has 0 aromatic carbocycles. The highest BCUT2D eigenvalue weighted by atomic mass is 32.1. The molecule has 1 aliphatic heterocycles. The molecule has 0 radical (unpaired) electrons. The Balaban J connectivity index is 1.98. The van der Waals surface area contributed by atoms with Gasteiger partial charge in [-0.3, -0.25) is 14.4 Å². The number of hydrogen-bond acceptors (Lipinski definition) is 5. The second-order valence-electron chi connectivity index (χ2n) is 5.70. The first-order valence-corrected chi connectivity index (χ1v) is 8.51. The summed E-state index contributed by atoms with van der Waals surface area (Å²) < 4.78 is 1.65. The number of carbonyl (C=O) groups is 2. The fourth-order valence-electron chi connectivity index (χ4n) is 2.77. The van der Waals surface area contributed by atoms with Gasteiger partial charge in [0.25, 0.3) is 5.91 Å². The number of nitrogens with zero attached hydrogens (tertiary/aromatic N) is 3. The standard InChI is InChI=1S/C16H18N6O2S/c1-21-9-10(7-20-21)2-3-12-6-13(14(25-12)15(17)23)22(16(18)24)11-4-5-19-8-11/h6-7,9,11,19H,4-5,8H2,1H3,(H2,17,23)(H2,18,24). The van der Waals surface area contributed by atoms with E-state index in [-0.39, 0.29) is 10.9 Å². The monoisotopic (exact) mass is 358 g/mol. The Labute approximate surface area is 148 Å². The largest absolute Gasteiger partial charge is 0.365 e. The fraction of sp³-hybridized carbons (Fsp3) is 0.312. The Morgan fingerprint density at radius 3 is 2.80 bits per heavy atom. The van der Waals surface area contributed by atoms with Crippen LogP contribution in [0.15, 0.2) is 18.5 Å². The molecular weight excluding hydrogens is 340 g/mol. The van der Waals surface area contributed by atoms with Crippen molar-refractivity contribution in [2.75, 3.05) is 18.0 Å². The maximum atomic E-state index is 12.0. The van der Waals surface area contributed by atoms with Crippen LogP contribution in [-0.2, 0) is 7.05 Å². The maximum Gasteiger partial charge on any atom is 0.319 e. The number of nitrogens with one attached hydrogen (secondary N) is 1. The van der Waals surface area contributed by atoms with Crippen LogP contribution in [0.1, 0.15) is 26.5 Å². The Morgan fingerprint density at radius 1 is 1.44 bits per heavy atom. The van der Waals surface area contributed by atoms with Gasteiger partial charge >= 0.3 is 6.03 Å². The first-order chi connectivity index (χ1) is 12.0. The first kappa shape index (κ1) is 17.0. The number of rotatable bonds is 3. The molecule has 3 amide bonds.